The van der Waals surface area contributed by atoms with Crippen LogP contribution in [0.3, 0.4) is 0 Å². The molecule has 1 aromatic rings. The molecule has 0 aliphatic carbocycles. The molecule has 0 saturated heterocycles. The monoisotopic (exact) mass is 265 g/mol. The summed E-state index contributed by atoms with van der Waals surface area (Å²) >= 11 is 1.10. The molecule has 2 nitrogen and oxygen atoms in total. The predicted molar refractivity (Wildman–Crippen MR) is 63.1 cm³/mol. The van der Waals surface area contributed by atoms with Crippen molar-refractivity contribution in [1.29, 1.82) is 0 Å². The molecule has 6 heteroatoms. The largest absolute Gasteiger partial charge is 0.506 e. The van der Waals surface area contributed by atoms with Crippen LogP contribution in [-0.2, 0) is 4.79 Å². The summed E-state index contributed by atoms with van der Waals surface area (Å²) in [5.74, 6) is -0.0941. The van der Waals surface area contributed by atoms with E-state index in [9.17, 15) is 9.90 Å². The van der Waals surface area contributed by atoms with Crippen LogP contribution in [0.5, 0.6) is 0 Å². The zero-order valence-corrected chi connectivity index (χ0v) is 10.9. The van der Waals surface area contributed by atoms with Gasteiger partial charge >= 0.3 is 13.4 Å². The van der Waals surface area contributed by atoms with Gasteiger partial charge in [-0.3, -0.25) is 4.79 Å². The molecule has 0 aliphatic heterocycles. The Labute approximate surface area is 101 Å². The van der Waals surface area contributed by atoms with Gasteiger partial charge in [-0.25, -0.2) is 20.1 Å². The van der Waals surface area contributed by atoms with Gasteiger partial charge in [-0.2, -0.15) is 0 Å². The lowest BCUT2D eigenvalue weighted by atomic mass is 10.3. The number of hydrogen-bond acceptors (Lipinski definition) is 3. The van der Waals surface area contributed by atoms with Crippen LogP contribution < -0.4 is 0 Å². The lowest BCUT2D eigenvalue weighted by Gasteiger charge is -1.91. The predicted octanol–water partition coefficient (Wildman–Crippen LogP) is 3.23. The molecule has 0 amide bonds. The van der Waals surface area contributed by atoms with E-state index >= 15 is 0 Å². The van der Waals surface area contributed by atoms with Gasteiger partial charge in [-0.1, -0.05) is 6.07 Å². The maximum absolute atomic E-state index is 10.5. The highest BCUT2D eigenvalue weighted by Crippen LogP contribution is 2.16. The fourth-order valence-corrected chi connectivity index (χ4v) is 1.33. The quantitative estimate of drug-likeness (QED) is 0.507. The molecule has 1 aromatic heterocycles. The fourth-order valence-electron chi connectivity index (χ4n) is 0.688. The maximum Gasteiger partial charge on any atom is 0.495 e. The van der Waals surface area contributed by atoms with Crippen LogP contribution in [0.15, 0.2) is 23.6 Å². The van der Waals surface area contributed by atoms with Gasteiger partial charge in [0, 0.05) is 6.08 Å². The Morgan fingerprint density at radius 3 is 2.57 bits per heavy atom. The third kappa shape index (κ3) is 6.47. The summed E-state index contributed by atoms with van der Waals surface area (Å²) in [5, 5.41) is 11.1. The summed E-state index contributed by atoms with van der Waals surface area (Å²) in [6.45, 7) is 1.41. The molecule has 14 heavy (non-hydrogen) atoms. The van der Waals surface area contributed by atoms with Crippen molar-refractivity contribution in [2.75, 3.05) is 0 Å². The SMILES string of the molecule is CC(=O)/C=C(\O)c1cccs1.[Cl][Al][Cl]. The van der Waals surface area contributed by atoms with Crippen LogP contribution >= 0.6 is 31.4 Å². The minimum atomic E-state index is -0.306. The zero-order chi connectivity index (χ0) is 11.0. The molecule has 1 radical (unpaired) electrons. The fraction of sp³-hybridized carbons (Fsp3) is 0.125. The summed E-state index contributed by atoms with van der Waals surface area (Å²) in [4.78, 5) is 11.2. The van der Waals surface area contributed by atoms with E-state index in [2.05, 4.69) is 0 Å². The van der Waals surface area contributed by atoms with E-state index in [1.54, 1.807) is 6.07 Å². The third-order valence-electron chi connectivity index (χ3n) is 1.11. The van der Waals surface area contributed by atoms with Gasteiger partial charge in [0.2, 0.25) is 0 Å². The number of aliphatic hydroxyl groups excluding tert-OH is 1. The van der Waals surface area contributed by atoms with Crippen LogP contribution in [0.2, 0.25) is 0 Å². The summed E-state index contributed by atoms with van der Waals surface area (Å²) < 4.78 is 0. The molecule has 0 atom stereocenters. The molecule has 1 N–H and O–H groups in total. The van der Waals surface area contributed by atoms with Crippen molar-refractivity contribution >= 4 is 56.4 Å². The number of thiophene rings is 1. The van der Waals surface area contributed by atoms with Crippen molar-refractivity contribution in [3.63, 3.8) is 0 Å². The van der Waals surface area contributed by atoms with E-state index in [4.69, 9.17) is 20.1 Å². The molecule has 0 aromatic carbocycles. The summed E-state index contributed by atoms with van der Waals surface area (Å²) in [5.41, 5.74) is 0. The number of hydrogen-bond donors (Lipinski definition) is 1. The minimum Gasteiger partial charge on any atom is -0.506 e. The highest BCUT2D eigenvalue weighted by Gasteiger charge is 1.99. The number of aliphatic hydroxyl groups is 1. The van der Waals surface area contributed by atoms with Gasteiger partial charge < -0.3 is 5.11 Å². The summed E-state index contributed by atoms with van der Waals surface area (Å²) in [6.07, 6.45) is 1.21. The second-order valence-corrected chi connectivity index (χ2v) is 5.29. The van der Waals surface area contributed by atoms with Crippen LogP contribution in [0.4, 0.5) is 0 Å². The summed E-state index contributed by atoms with van der Waals surface area (Å²) in [7, 11) is 9.69. The number of ketones is 1. The Morgan fingerprint density at radius 1 is 1.64 bits per heavy atom. The lowest BCUT2D eigenvalue weighted by Crippen LogP contribution is -1.85. The van der Waals surface area contributed by atoms with Gasteiger partial charge in [0.15, 0.2) is 5.78 Å². The van der Waals surface area contributed by atoms with Gasteiger partial charge in [0.25, 0.3) is 0 Å². The first kappa shape index (κ1) is 14.0. The maximum atomic E-state index is 10.5. The Balaban J connectivity index is 0.000000500. The van der Waals surface area contributed by atoms with Crippen LogP contribution in [-0.4, -0.2) is 24.3 Å². The van der Waals surface area contributed by atoms with E-state index in [1.165, 1.54) is 24.3 Å². The number of carbonyl (C=O) groups is 1. The Kier molecular flexibility index (Phi) is 8.35. The molecule has 0 aliphatic rings. The van der Waals surface area contributed by atoms with E-state index < -0.39 is 0 Å². The van der Waals surface area contributed by atoms with Crippen LogP contribution in [0.25, 0.3) is 5.76 Å². The van der Waals surface area contributed by atoms with Gasteiger partial charge in [0.1, 0.15) is 5.76 Å². The normalized spacial score (nSPS) is 10.1. The van der Waals surface area contributed by atoms with Crippen molar-refractivity contribution < 1.29 is 9.90 Å². The van der Waals surface area contributed by atoms with Crippen molar-refractivity contribution in [3.8, 4) is 0 Å². The van der Waals surface area contributed by atoms with Crippen molar-refractivity contribution in [3.05, 3.63) is 28.5 Å². The molecule has 1 rings (SSSR count). The van der Waals surface area contributed by atoms with Crippen LogP contribution in [0.1, 0.15) is 11.8 Å². The third-order valence-corrected chi connectivity index (χ3v) is 2.01. The first-order valence-electron chi connectivity index (χ1n) is 3.59. The molecule has 0 fully saturated rings. The molecule has 0 unspecified atom stereocenters. The second kappa shape index (κ2) is 8.34. The Bertz CT molecular complexity index is 298. The molecule has 1 heterocycles. The van der Waals surface area contributed by atoms with Crippen molar-refractivity contribution in [2.24, 2.45) is 0 Å². The van der Waals surface area contributed by atoms with E-state index in [1.807, 2.05) is 11.4 Å². The molecule has 0 bridgehead atoms. The number of rotatable bonds is 2. The van der Waals surface area contributed by atoms with Crippen LogP contribution in [0, 0.1) is 0 Å². The second-order valence-electron chi connectivity index (χ2n) is 2.20. The van der Waals surface area contributed by atoms with Gasteiger partial charge in [-0.05, 0) is 18.4 Å². The Hall–Kier alpha value is 0.0225. The zero-order valence-electron chi connectivity index (χ0n) is 7.41. The van der Waals surface area contributed by atoms with Crippen molar-refractivity contribution in [1.82, 2.24) is 0 Å². The number of carbonyl (C=O) groups excluding carboxylic acids is 1. The Morgan fingerprint density at radius 2 is 2.21 bits per heavy atom. The average molecular weight is 266 g/mol. The average Bonchev–Trinajstić information content (AvgIpc) is 2.55. The van der Waals surface area contributed by atoms with Gasteiger partial charge in [-0.15, -0.1) is 11.3 Å². The molecular weight excluding hydrogens is 258 g/mol. The number of allylic oxidation sites excluding steroid dienone is 1. The smallest absolute Gasteiger partial charge is 0.495 e. The standard InChI is InChI=1S/C8H8O2S.Al.2ClH/c1-6(9)5-7(10)8-3-2-4-11-8;;;/h2-5,10H,1H3;;2*1H/q;+2;;/p-2/b7-5-;;;. The highest BCUT2D eigenvalue weighted by atomic mass is 35.7. The highest BCUT2D eigenvalue weighted by molar-refractivity contribution is 7.22. The molecule has 0 saturated carbocycles. The van der Waals surface area contributed by atoms with Crippen molar-refractivity contribution in [2.45, 2.75) is 6.92 Å². The molecule has 0 spiro atoms. The molecular formula is C8H8AlCl2O2S. The first-order chi connectivity index (χ1) is 6.61. The van der Waals surface area contributed by atoms with E-state index in [-0.39, 0.29) is 24.9 Å². The van der Waals surface area contributed by atoms with E-state index in [0.717, 1.165) is 4.88 Å². The van der Waals surface area contributed by atoms with E-state index in [0.29, 0.717) is 0 Å². The lowest BCUT2D eigenvalue weighted by molar-refractivity contribution is -0.112. The van der Waals surface area contributed by atoms with Gasteiger partial charge in [0.05, 0.1) is 4.88 Å². The number of halogens is 2. The minimum absolute atomic E-state index is 0.0486. The molecule has 75 valence electrons. The summed E-state index contributed by atoms with van der Waals surface area (Å²) in [6, 6.07) is 3.59. The topological polar surface area (TPSA) is 37.3 Å². The first-order valence-corrected chi connectivity index (χ1v) is 7.96.